The van der Waals surface area contributed by atoms with Crippen LogP contribution >= 0.6 is 11.8 Å². The van der Waals surface area contributed by atoms with Crippen LogP contribution in [0.2, 0.25) is 0 Å². The van der Waals surface area contributed by atoms with E-state index in [0.717, 1.165) is 5.75 Å². The minimum atomic E-state index is -0.912. The molecule has 1 heterocycles. The molecule has 11 heavy (non-hydrogen) atoms. The largest absolute Gasteiger partial charge is 0.481 e. The molecule has 0 aromatic carbocycles. The number of aliphatic carboxylic acids is 1. The van der Waals surface area contributed by atoms with E-state index in [-0.39, 0.29) is 12.3 Å². The van der Waals surface area contributed by atoms with Crippen LogP contribution < -0.4 is 0 Å². The summed E-state index contributed by atoms with van der Waals surface area (Å²) in [6, 6.07) is 0. The molecule has 1 fully saturated rings. The number of carboxylic acids is 1. The number of hydrogen-bond acceptors (Lipinski definition) is 2. The van der Waals surface area contributed by atoms with Gasteiger partial charge in [0.2, 0.25) is 0 Å². The van der Waals surface area contributed by atoms with E-state index in [0.29, 0.717) is 12.2 Å². The normalized spacial score (nSPS) is 31.7. The molecule has 0 aromatic rings. The second-order valence-corrected chi connectivity index (χ2v) is 3.89. The maximum atomic E-state index is 12.9. The summed E-state index contributed by atoms with van der Waals surface area (Å²) < 4.78 is 12.9. The molecule has 2 atom stereocenters. The fraction of sp³-hybridized carbons (Fsp3) is 0.857. The maximum absolute atomic E-state index is 12.9. The molecule has 0 spiro atoms. The SMILES string of the molecule is O=C(O)CC1CCSCC1F. The number of hydrogen-bond donors (Lipinski definition) is 1. The molecule has 0 aromatic heterocycles. The number of rotatable bonds is 2. The van der Waals surface area contributed by atoms with Crippen molar-refractivity contribution >= 4 is 17.7 Å². The van der Waals surface area contributed by atoms with E-state index in [1.54, 1.807) is 11.8 Å². The third-order valence-corrected chi connectivity index (χ3v) is 2.94. The second-order valence-electron chi connectivity index (χ2n) is 2.74. The van der Waals surface area contributed by atoms with Crippen molar-refractivity contribution in [3.05, 3.63) is 0 Å². The van der Waals surface area contributed by atoms with E-state index in [2.05, 4.69) is 0 Å². The summed E-state index contributed by atoms with van der Waals surface area (Å²) in [5.74, 6) is 0.245. The number of thioether (sulfide) groups is 1. The predicted octanol–water partition coefficient (Wildman–Crippen LogP) is 1.55. The first-order chi connectivity index (χ1) is 5.20. The van der Waals surface area contributed by atoms with Crippen LogP contribution in [0.15, 0.2) is 0 Å². The molecule has 0 radical (unpaired) electrons. The Morgan fingerprint density at radius 3 is 3.00 bits per heavy atom. The molecule has 1 saturated heterocycles. The highest BCUT2D eigenvalue weighted by Crippen LogP contribution is 2.27. The van der Waals surface area contributed by atoms with Crippen molar-refractivity contribution in [2.75, 3.05) is 11.5 Å². The van der Waals surface area contributed by atoms with Gasteiger partial charge in [-0.15, -0.1) is 0 Å². The molecular formula is C7H11FO2S. The van der Waals surface area contributed by atoms with Crippen molar-refractivity contribution < 1.29 is 14.3 Å². The van der Waals surface area contributed by atoms with Gasteiger partial charge < -0.3 is 5.11 Å². The molecule has 2 unspecified atom stereocenters. The van der Waals surface area contributed by atoms with Crippen LogP contribution in [-0.2, 0) is 4.79 Å². The van der Waals surface area contributed by atoms with Crippen LogP contribution in [0.25, 0.3) is 0 Å². The predicted molar refractivity (Wildman–Crippen MR) is 42.6 cm³/mol. The molecule has 0 bridgehead atoms. The minimum Gasteiger partial charge on any atom is -0.481 e. The highest BCUT2D eigenvalue weighted by atomic mass is 32.2. The van der Waals surface area contributed by atoms with E-state index < -0.39 is 12.1 Å². The summed E-state index contributed by atoms with van der Waals surface area (Å²) in [5.41, 5.74) is 0. The maximum Gasteiger partial charge on any atom is 0.303 e. The topological polar surface area (TPSA) is 37.3 Å². The fourth-order valence-corrected chi connectivity index (χ4v) is 2.34. The van der Waals surface area contributed by atoms with Gasteiger partial charge in [0.05, 0.1) is 6.42 Å². The third-order valence-electron chi connectivity index (χ3n) is 1.86. The van der Waals surface area contributed by atoms with Crippen molar-refractivity contribution in [2.45, 2.75) is 19.0 Å². The molecule has 1 aliphatic heterocycles. The highest BCUT2D eigenvalue weighted by Gasteiger charge is 2.26. The highest BCUT2D eigenvalue weighted by molar-refractivity contribution is 7.99. The first-order valence-corrected chi connectivity index (χ1v) is 4.79. The summed E-state index contributed by atoms with van der Waals surface area (Å²) in [5, 5.41) is 8.41. The Morgan fingerprint density at radius 1 is 1.73 bits per heavy atom. The van der Waals surface area contributed by atoms with Gasteiger partial charge in [-0.1, -0.05) is 0 Å². The van der Waals surface area contributed by atoms with Gasteiger partial charge in [0.1, 0.15) is 6.17 Å². The van der Waals surface area contributed by atoms with Gasteiger partial charge in [-0.05, 0) is 12.2 Å². The van der Waals surface area contributed by atoms with Crippen molar-refractivity contribution in [2.24, 2.45) is 5.92 Å². The van der Waals surface area contributed by atoms with Gasteiger partial charge in [0.25, 0.3) is 0 Å². The number of halogens is 1. The van der Waals surface area contributed by atoms with Crippen LogP contribution in [0.1, 0.15) is 12.8 Å². The zero-order valence-corrected chi connectivity index (χ0v) is 6.94. The van der Waals surface area contributed by atoms with Crippen molar-refractivity contribution in [3.8, 4) is 0 Å². The standard InChI is InChI=1S/C7H11FO2S/c8-6-4-11-2-1-5(6)3-7(9)10/h5-6H,1-4H2,(H,9,10). The minimum absolute atomic E-state index is 0.0122. The smallest absolute Gasteiger partial charge is 0.303 e. The van der Waals surface area contributed by atoms with Crippen LogP contribution in [0, 0.1) is 5.92 Å². The zero-order chi connectivity index (χ0) is 8.27. The summed E-state index contributed by atoms with van der Waals surface area (Å²) >= 11 is 1.57. The third kappa shape index (κ3) is 2.69. The Hall–Kier alpha value is -0.250. The Balaban J connectivity index is 2.35. The summed E-state index contributed by atoms with van der Waals surface area (Å²) in [6.07, 6.45) is -0.218. The van der Waals surface area contributed by atoms with E-state index in [9.17, 15) is 9.18 Å². The molecule has 1 rings (SSSR count). The van der Waals surface area contributed by atoms with Gasteiger partial charge in [0, 0.05) is 11.7 Å². The summed E-state index contributed by atoms with van der Waals surface area (Å²) in [6.45, 7) is 0. The number of carboxylic acid groups (broad SMARTS) is 1. The van der Waals surface area contributed by atoms with Gasteiger partial charge in [0.15, 0.2) is 0 Å². The lowest BCUT2D eigenvalue weighted by Crippen LogP contribution is -2.26. The quantitative estimate of drug-likeness (QED) is 0.697. The summed E-state index contributed by atoms with van der Waals surface area (Å²) in [4.78, 5) is 10.2. The lowest BCUT2D eigenvalue weighted by Gasteiger charge is -2.23. The Bertz CT molecular complexity index is 151. The number of carbonyl (C=O) groups is 1. The molecule has 2 nitrogen and oxygen atoms in total. The van der Waals surface area contributed by atoms with Crippen LogP contribution in [0.4, 0.5) is 4.39 Å². The lowest BCUT2D eigenvalue weighted by atomic mass is 9.97. The van der Waals surface area contributed by atoms with Gasteiger partial charge in [-0.3, -0.25) is 4.79 Å². The zero-order valence-electron chi connectivity index (χ0n) is 6.12. The average Bonchev–Trinajstić information content (AvgIpc) is 1.93. The van der Waals surface area contributed by atoms with E-state index in [1.807, 2.05) is 0 Å². The van der Waals surface area contributed by atoms with Crippen LogP contribution in [0.5, 0.6) is 0 Å². The first kappa shape index (κ1) is 8.84. The molecule has 1 N–H and O–H groups in total. The van der Waals surface area contributed by atoms with Crippen LogP contribution in [0.3, 0.4) is 0 Å². The lowest BCUT2D eigenvalue weighted by molar-refractivity contribution is -0.138. The molecule has 1 aliphatic rings. The number of alkyl halides is 1. The summed E-state index contributed by atoms with van der Waals surface area (Å²) in [7, 11) is 0. The van der Waals surface area contributed by atoms with E-state index >= 15 is 0 Å². The van der Waals surface area contributed by atoms with Gasteiger partial charge in [-0.2, -0.15) is 11.8 Å². The molecule has 64 valence electrons. The van der Waals surface area contributed by atoms with E-state index in [1.165, 1.54) is 0 Å². The first-order valence-electron chi connectivity index (χ1n) is 3.63. The molecule has 0 aliphatic carbocycles. The average molecular weight is 178 g/mol. The Morgan fingerprint density at radius 2 is 2.45 bits per heavy atom. The second kappa shape index (κ2) is 3.95. The molecule has 4 heteroatoms. The van der Waals surface area contributed by atoms with Crippen molar-refractivity contribution in [1.82, 2.24) is 0 Å². The van der Waals surface area contributed by atoms with Gasteiger partial charge in [-0.25, -0.2) is 4.39 Å². The van der Waals surface area contributed by atoms with Crippen molar-refractivity contribution in [3.63, 3.8) is 0 Å². The fourth-order valence-electron chi connectivity index (χ4n) is 1.20. The van der Waals surface area contributed by atoms with Crippen LogP contribution in [-0.4, -0.2) is 28.8 Å². The monoisotopic (exact) mass is 178 g/mol. The molecular weight excluding hydrogens is 167 g/mol. The Labute approximate surface area is 69.2 Å². The van der Waals surface area contributed by atoms with Gasteiger partial charge >= 0.3 is 5.97 Å². The van der Waals surface area contributed by atoms with E-state index in [4.69, 9.17) is 5.11 Å². The molecule has 0 saturated carbocycles. The molecule has 0 amide bonds. The Kier molecular flexibility index (Phi) is 3.17. The van der Waals surface area contributed by atoms with Crippen molar-refractivity contribution in [1.29, 1.82) is 0 Å².